The molecule has 2 heterocycles. The first-order valence-corrected chi connectivity index (χ1v) is 7.01. The number of thiophene rings is 1. The van der Waals surface area contributed by atoms with Crippen LogP contribution in [0.2, 0.25) is 5.15 Å². The van der Waals surface area contributed by atoms with Crippen LogP contribution in [-0.4, -0.2) is 9.97 Å². The van der Waals surface area contributed by atoms with Crippen LogP contribution < -0.4 is 0 Å². The molecule has 0 aliphatic heterocycles. The lowest BCUT2D eigenvalue weighted by Gasteiger charge is -2.08. The van der Waals surface area contributed by atoms with Gasteiger partial charge in [-0.15, -0.1) is 11.3 Å². The van der Waals surface area contributed by atoms with Crippen molar-refractivity contribution in [3.8, 4) is 10.6 Å². The molecule has 1 fully saturated rings. The number of halogens is 1. The first-order valence-electron chi connectivity index (χ1n) is 5.75. The predicted molar refractivity (Wildman–Crippen MR) is 71.8 cm³/mol. The van der Waals surface area contributed by atoms with E-state index < -0.39 is 0 Å². The Kier molecular flexibility index (Phi) is 2.68. The summed E-state index contributed by atoms with van der Waals surface area (Å²) in [5.74, 6) is 1.45. The third-order valence-electron chi connectivity index (χ3n) is 3.12. The van der Waals surface area contributed by atoms with E-state index in [0.717, 1.165) is 17.1 Å². The third-order valence-corrected chi connectivity index (χ3v) is 4.51. The van der Waals surface area contributed by atoms with Gasteiger partial charge in [-0.25, -0.2) is 9.97 Å². The maximum absolute atomic E-state index is 6.21. The van der Waals surface area contributed by atoms with Gasteiger partial charge in [-0.05, 0) is 43.7 Å². The molecule has 0 amide bonds. The molecule has 0 atom stereocenters. The van der Waals surface area contributed by atoms with Gasteiger partial charge in [0.05, 0.1) is 10.6 Å². The van der Waals surface area contributed by atoms with E-state index in [-0.39, 0.29) is 0 Å². The second-order valence-electron chi connectivity index (χ2n) is 4.55. The van der Waals surface area contributed by atoms with Crippen LogP contribution in [0.1, 0.15) is 35.7 Å². The summed E-state index contributed by atoms with van der Waals surface area (Å²) in [4.78, 5) is 10.3. The second kappa shape index (κ2) is 4.07. The minimum absolute atomic E-state index is 0.534. The molecular weight excluding hydrogens is 252 g/mol. The van der Waals surface area contributed by atoms with Crippen molar-refractivity contribution in [2.75, 3.05) is 0 Å². The number of rotatable bonds is 2. The van der Waals surface area contributed by atoms with Crippen molar-refractivity contribution >= 4 is 22.9 Å². The molecular formula is C13H13ClN2S. The van der Waals surface area contributed by atoms with E-state index in [1.807, 2.05) is 6.92 Å². The normalized spacial score (nSPS) is 15.2. The molecule has 1 aliphatic rings. The van der Waals surface area contributed by atoms with Crippen LogP contribution in [-0.2, 0) is 0 Å². The van der Waals surface area contributed by atoms with E-state index in [4.69, 9.17) is 16.6 Å². The molecule has 0 saturated heterocycles. The molecule has 4 heteroatoms. The average Bonchev–Trinajstić information content (AvgIpc) is 3.06. The van der Waals surface area contributed by atoms with Gasteiger partial charge < -0.3 is 0 Å². The van der Waals surface area contributed by atoms with Crippen LogP contribution in [0.4, 0.5) is 0 Å². The standard InChI is InChI=1S/C13H13ClN2S/c1-7-5-6-17-11(7)10-8(2)12(14)16-13(15-10)9-3-4-9/h5-6,9H,3-4H2,1-2H3. The molecule has 1 aliphatic carbocycles. The van der Waals surface area contributed by atoms with Crippen molar-refractivity contribution in [3.05, 3.63) is 33.6 Å². The molecule has 17 heavy (non-hydrogen) atoms. The SMILES string of the molecule is Cc1ccsc1-c1nc(C2CC2)nc(Cl)c1C. The van der Waals surface area contributed by atoms with Crippen LogP contribution in [0.15, 0.2) is 11.4 Å². The molecule has 88 valence electrons. The van der Waals surface area contributed by atoms with Gasteiger partial charge in [0.25, 0.3) is 0 Å². The summed E-state index contributed by atoms with van der Waals surface area (Å²) < 4.78 is 0. The molecule has 1 saturated carbocycles. The van der Waals surface area contributed by atoms with E-state index in [1.165, 1.54) is 23.3 Å². The lowest BCUT2D eigenvalue weighted by Crippen LogP contribution is -1.99. The summed E-state index contributed by atoms with van der Waals surface area (Å²) in [6, 6.07) is 2.12. The zero-order valence-corrected chi connectivity index (χ0v) is 11.4. The first kappa shape index (κ1) is 11.2. The fourth-order valence-corrected chi connectivity index (χ4v) is 3.01. The van der Waals surface area contributed by atoms with Crippen LogP contribution in [0, 0.1) is 13.8 Å². The summed E-state index contributed by atoms with van der Waals surface area (Å²) in [7, 11) is 0. The van der Waals surface area contributed by atoms with Gasteiger partial charge in [0.1, 0.15) is 11.0 Å². The topological polar surface area (TPSA) is 25.8 Å². The minimum Gasteiger partial charge on any atom is -0.231 e. The van der Waals surface area contributed by atoms with Crippen LogP contribution in [0.25, 0.3) is 10.6 Å². The van der Waals surface area contributed by atoms with E-state index in [1.54, 1.807) is 11.3 Å². The maximum atomic E-state index is 6.21. The Morgan fingerprint density at radius 3 is 2.65 bits per heavy atom. The van der Waals surface area contributed by atoms with Gasteiger partial charge in [0, 0.05) is 11.5 Å². The van der Waals surface area contributed by atoms with Gasteiger partial charge in [-0.3, -0.25) is 0 Å². The lowest BCUT2D eigenvalue weighted by atomic mass is 10.1. The molecule has 2 aromatic heterocycles. The highest BCUT2D eigenvalue weighted by molar-refractivity contribution is 7.13. The van der Waals surface area contributed by atoms with Crippen LogP contribution in [0.3, 0.4) is 0 Å². The van der Waals surface area contributed by atoms with Crippen LogP contribution >= 0.6 is 22.9 Å². The van der Waals surface area contributed by atoms with Gasteiger partial charge in [-0.1, -0.05) is 11.6 Å². The Hall–Kier alpha value is -0.930. The highest BCUT2D eigenvalue weighted by Gasteiger charge is 2.28. The van der Waals surface area contributed by atoms with E-state index in [0.29, 0.717) is 11.1 Å². The number of aromatic nitrogens is 2. The van der Waals surface area contributed by atoms with Crippen LogP contribution in [0.5, 0.6) is 0 Å². The highest BCUT2D eigenvalue weighted by Crippen LogP contribution is 2.41. The zero-order valence-electron chi connectivity index (χ0n) is 9.83. The van der Waals surface area contributed by atoms with Gasteiger partial charge >= 0.3 is 0 Å². The first-order chi connectivity index (χ1) is 8.16. The van der Waals surface area contributed by atoms with E-state index in [2.05, 4.69) is 23.4 Å². The van der Waals surface area contributed by atoms with Crippen molar-refractivity contribution in [1.29, 1.82) is 0 Å². The summed E-state index contributed by atoms with van der Waals surface area (Å²) in [5, 5.41) is 2.70. The minimum atomic E-state index is 0.534. The quantitative estimate of drug-likeness (QED) is 0.754. The zero-order chi connectivity index (χ0) is 12.0. The average molecular weight is 265 g/mol. The monoisotopic (exact) mass is 264 g/mol. The molecule has 3 rings (SSSR count). The summed E-state index contributed by atoms with van der Waals surface area (Å²) in [6.07, 6.45) is 2.39. The van der Waals surface area contributed by atoms with E-state index in [9.17, 15) is 0 Å². The highest BCUT2D eigenvalue weighted by atomic mass is 35.5. The third kappa shape index (κ3) is 1.98. The lowest BCUT2D eigenvalue weighted by molar-refractivity contribution is 0.923. The summed E-state index contributed by atoms with van der Waals surface area (Å²) in [5.41, 5.74) is 3.26. The number of hydrogen-bond donors (Lipinski definition) is 0. The summed E-state index contributed by atoms with van der Waals surface area (Å²) >= 11 is 7.93. The Labute approximate surface area is 110 Å². The Morgan fingerprint density at radius 1 is 1.29 bits per heavy atom. The molecule has 0 unspecified atom stereocenters. The second-order valence-corrected chi connectivity index (χ2v) is 5.83. The largest absolute Gasteiger partial charge is 0.231 e. The smallest absolute Gasteiger partial charge is 0.136 e. The molecule has 0 bridgehead atoms. The molecule has 0 radical (unpaired) electrons. The molecule has 2 aromatic rings. The number of nitrogens with zero attached hydrogens (tertiary/aromatic N) is 2. The Balaban J connectivity index is 2.17. The van der Waals surface area contributed by atoms with Gasteiger partial charge in [-0.2, -0.15) is 0 Å². The van der Waals surface area contributed by atoms with Gasteiger partial charge in [0.15, 0.2) is 0 Å². The van der Waals surface area contributed by atoms with Crippen molar-refractivity contribution in [3.63, 3.8) is 0 Å². The molecule has 2 nitrogen and oxygen atoms in total. The number of hydrogen-bond acceptors (Lipinski definition) is 3. The predicted octanol–water partition coefficient (Wildman–Crippen LogP) is 4.35. The molecule has 0 N–H and O–H groups in total. The summed E-state index contributed by atoms with van der Waals surface area (Å²) in [6.45, 7) is 4.10. The van der Waals surface area contributed by atoms with Crippen molar-refractivity contribution in [1.82, 2.24) is 9.97 Å². The maximum Gasteiger partial charge on any atom is 0.136 e. The van der Waals surface area contributed by atoms with E-state index >= 15 is 0 Å². The number of aryl methyl sites for hydroxylation is 1. The fraction of sp³-hybridized carbons (Fsp3) is 0.385. The molecule has 0 spiro atoms. The Morgan fingerprint density at radius 2 is 2.06 bits per heavy atom. The van der Waals surface area contributed by atoms with Crippen molar-refractivity contribution in [2.45, 2.75) is 32.6 Å². The van der Waals surface area contributed by atoms with Gasteiger partial charge in [0.2, 0.25) is 0 Å². The molecule has 0 aromatic carbocycles. The van der Waals surface area contributed by atoms with Crippen molar-refractivity contribution in [2.24, 2.45) is 0 Å². The Bertz CT molecular complexity index is 573. The fourth-order valence-electron chi connectivity index (χ4n) is 1.87. The van der Waals surface area contributed by atoms with Crippen molar-refractivity contribution < 1.29 is 0 Å².